The third kappa shape index (κ3) is 3.15. The molecular formula is C11H9N5O5S. The van der Waals surface area contributed by atoms with Crippen molar-refractivity contribution in [2.75, 3.05) is 7.11 Å². The molecule has 114 valence electrons. The van der Waals surface area contributed by atoms with Gasteiger partial charge in [0, 0.05) is 12.1 Å². The second-order valence-electron chi connectivity index (χ2n) is 3.92. The Labute approximate surface area is 127 Å². The maximum Gasteiger partial charge on any atom is 0.283 e. The summed E-state index contributed by atoms with van der Waals surface area (Å²) in [5, 5.41) is 27.6. The zero-order chi connectivity index (χ0) is 16.3. The summed E-state index contributed by atoms with van der Waals surface area (Å²) in [5.41, 5.74) is -1.37. The SMILES string of the molecule is COc1ccc([N+](=O)[O-])cc1N=Nc1c(O)[nH]c(=S)[nH]c1=O. The number of rotatable bonds is 4. The molecule has 0 saturated heterocycles. The molecule has 2 rings (SSSR count). The van der Waals surface area contributed by atoms with Crippen LogP contribution in [0.15, 0.2) is 33.2 Å². The molecule has 22 heavy (non-hydrogen) atoms. The standard InChI is InChI=1S/C11H9N5O5S/c1-21-7-3-2-5(16(19)20)4-6(7)14-15-8-9(17)12-11(22)13-10(8)18/h2-4H,1H3,(H3,12,13,17,18,22). The van der Waals surface area contributed by atoms with Gasteiger partial charge in [-0.15, -0.1) is 10.2 Å². The maximum atomic E-state index is 11.6. The molecule has 11 heteroatoms. The van der Waals surface area contributed by atoms with E-state index in [2.05, 4.69) is 32.4 Å². The van der Waals surface area contributed by atoms with E-state index in [0.717, 1.165) is 6.07 Å². The fraction of sp³-hybridized carbons (Fsp3) is 0.0909. The Morgan fingerprint density at radius 1 is 1.36 bits per heavy atom. The summed E-state index contributed by atoms with van der Waals surface area (Å²) in [6.45, 7) is 0. The molecule has 1 heterocycles. The maximum absolute atomic E-state index is 11.6. The van der Waals surface area contributed by atoms with Gasteiger partial charge in [-0.2, -0.15) is 0 Å². The van der Waals surface area contributed by atoms with Gasteiger partial charge >= 0.3 is 0 Å². The number of hydrogen-bond donors (Lipinski definition) is 3. The van der Waals surface area contributed by atoms with Crippen molar-refractivity contribution in [3.8, 4) is 11.6 Å². The van der Waals surface area contributed by atoms with Crippen molar-refractivity contribution >= 4 is 29.3 Å². The number of azo groups is 1. The van der Waals surface area contributed by atoms with Crippen molar-refractivity contribution in [2.24, 2.45) is 10.2 Å². The van der Waals surface area contributed by atoms with E-state index in [1.54, 1.807) is 0 Å². The fourth-order valence-corrected chi connectivity index (χ4v) is 1.72. The van der Waals surface area contributed by atoms with Gasteiger partial charge in [0.2, 0.25) is 11.6 Å². The van der Waals surface area contributed by atoms with Crippen LogP contribution in [-0.2, 0) is 0 Å². The van der Waals surface area contributed by atoms with E-state index in [9.17, 15) is 20.0 Å². The first-order valence-corrected chi connectivity index (χ1v) is 6.13. The molecule has 0 saturated carbocycles. The molecule has 1 aromatic carbocycles. The number of nitrogens with zero attached hydrogens (tertiary/aromatic N) is 3. The molecule has 0 unspecified atom stereocenters. The van der Waals surface area contributed by atoms with Crippen molar-refractivity contribution in [3.05, 3.63) is 43.4 Å². The Bertz CT molecular complexity index is 872. The number of benzene rings is 1. The van der Waals surface area contributed by atoms with Gasteiger partial charge in [-0.3, -0.25) is 19.9 Å². The fourth-order valence-electron chi connectivity index (χ4n) is 1.53. The first kappa shape index (κ1) is 15.3. The number of H-pyrrole nitrogens is 2. The van der Waals surface area contributed by atoms with E-state index in [-0.39, 0.29) is 21.9 Å². The van der Waals surface area contributed by atoms with Crippen LogP contribution >= 0.6 is 12.2 Å². The molecular weight excluding hydrogens is 314 g/mol. The van der Waals surface area contributed by atoms with Crippen LogP contribution in [0.3, 0.4) is 0 Å². The molecule has 3 N–H and O–H groups in total. The Hall–Kier alpha value is -3.08. The van der Waals surface area contributed by atoms with E-state index in [0.29, 0.717) is 0 Å². The average Bonchev–Trinajstić information content (AvgIpc) is 2.45. The van der Waals surface area contributed by atoms with Gasteiger partial charge in [-0.05, 0) is 18.3 Å². The van der Waals surface area contributed by atoms with Crippen LogP contribution in [0.4, 0.5) is 17.1 Å². The van der Waals surface area contributed by atoms with Crippen LogP contribution in [0.1, 0.15) is 0 Å². The number of aromatic hydroxyl groups is 1. The predicted octanol–water partition coefficient (Wildman–Crippen LogP) is 2.47. The number of nitro groups is 1. The van der Waals surface area contributed by atoms with Crippen LogP contribution in [0, 0.1) is 14.9 Å². The van der Waals surface area contributed by atoms with Crippen molar-refractivity contribution in [1.82, 2.24) is 9.97 Å². The third-order valence-corrected chi connectivity index (χ3v) is 2.73. The summed E-state index contributed by atoms with van der Waals surface area (Å²) in [6.07, 6.45) is 0. The number of nitrogens with one attached hydrogen (secondary N) is 2. The summed E-state index contributed by atoms with van der Waals surface area (Å²) in [4.78, 5) is 26.3. The highest BCUT2D eigenvalue weighted by Gasteiger charge is 2.12. The minimum absolute atomic E-state index is 0.0259. The Morgan fingerprint density at radius 2 is 2.09 bits per heavy atom. The molecule has 0 atom stereocenters. The lowest BCUT2D eigenvalue weighted by molar-refractivity contribution is -0.384. The molecule has 10 nitrogen and oxygen atoms in total. The van der Waals surface area contributed by atoms with Gasteiger partial charge in [0.25, 0.3) is 11.2 Å². The minimum atomic E-state index is -0.755. The highest BCUT2D eigenvalue weighted by atomic mass is 32.1. The number of hydrogen-bond acceptors (Lipinski definition) is 8. The smallest absolute Gasteiger partial charge is 0.283 e. The molecule has 0 aliphatic rings. The summed E-state index contributed by atoms with van der Waals surface area (Å²) >= 11 is 4.67. The van der Waals surface area contributed by atoms with Gasteiger partial charge in [-0.25, -0.2) is 0 Å². The Balaban J connectivity index is 2.50. The normalized spacial score (nSPS) is 10.8. The van der Waals surface area contributed by atoms with Gasteiger partial charge in [0.05, 0.1) is 12.0 Å². The predicted molar refractivity (Wildman–Crippen MR) is 77.7 cm³/mol. The van der Waals surface area contributed by atoms with Crippen LogP contribution in [-0.4, -0.2) is 27.1 Å². The first-order chi connectivity index (χ1) is 10.4. The van der Waals surface area contributed by atoms with Crippen molar-refractivity contribution in [1.29, 1.82) is 0 Å². The van der Waals surface area contributed by atoms with Crippen molar-refractivity contribution in [2.45, 2.75) is 0 Å². The van der Waals surface area contributed by atoms with E-state index >= 15 is 0 Å². The molecule has 0 spiro atoms. The van der Waals surface area contributed by atoms with Crippen LogP contribution in [0.25, 0.3) is 0 Å². The topological polar surface area (TPSA) is 146 Å². The van der Waals surface area contributed by atoms with Gasteiger partial charge in [0.1, 0.15) is 11.4 Å². The molecule has 1 aromatic heterocycles. The molecule has 0 fully saturated rings. The lowest BCUT2D eigenvalue weighted by Crippen LogP contribution is -2.06. The molecule has 0 aliphatic heterocycles. The summed E-state index contributed by atoms with van der Waals surface area (Å²) in [6, 6.07) is 3.70. The second-order valence-corrected chi connectivity index (χ2v) is 4.33. The summed E-state index contributed by atoms with van der Waals surface area (Å²) in [7, 11) is 1.35. The first-order valence-electron chi connectivity index (χ1n) is 5.72. The number of non-ortho nitro benzene ring substituents is 1. The minimum Gasteiger partial charge on any atom is -0.494 e. The van der Waals surface area contributed by atoms with Crippen LogP contribution in [0.2, 0.25) is 0 Å². The third-order valence-electron chi connectivity index (χ3n) is 2.53. The summed E-state index contributed by atoms with van der Waals surface area (Å²) < 4.78 is 4.92. The lowest BCUT2D eigenvalue weighted by Gasteiger charge is -2.03. The van der Waals surface area contributed by atoms with Crippen LogP contribution in [0.5, 0.6) is 11.6 Å². The van der Waals surface area contributed by atoms with Gasteiger partial charge in [0.15, 0.2) is 4.77 Å². The van der Waals surface area contributed by atoms with E-state index in [4.69, 9.17) is 4.74 Å². The number of aromatic nitrogens is 2. The molecule has 0 radical (unpaired) electrons. The van der Waals surface area contributed by atoms with E-state index < -0.39 is 22.0 Å². The lowest BCUT2D eigenvalue weighted by atomic mass is 10.2. The van der Waals surface area contributed by atoms with E-state index in [1.165, 1.54) is 19.2 Å². The average molecular weight is 323 g/mol. The summed E-state index contributed by atoms with van der Waals surface area (Å²) in [5.74, 6) is -0.351. The quantitative estimate of drug-likeness (QED) is 0.341. The Morgan fingerprint density at radius 3 is 2.68 bits per heavy atom. The zero-order valence-corrected chi connectivity index (χ0v) is 11.9. The molecule has 0 aliphatic carbocycles. The largest absolute Gasteiger partial charge is 0.494 e. The second kappa shape index (κ2) is 6.13. The van der Waals surface area contributed by atoms with Gasteiger partial charge in [-0.1, -0.05) is 0 Å². The molecule has 0 amide bonds. The zero-order valence-electron chi connectivity index (χ0n) is 11.1. The number of ether oxygens (including phenoxy) is 1. The monoisotopic (exact) mass is 323 g/mol. The van der Waals surface area contributed by atoms with Crippen molar-refractivity contribution < 1.29 is 14.8 Å². The number of aromatic amines is 2. The molecule has 0 bridgehead atoms. The highest BCUT2D eigenvalue weighted by Crippen LogP contribution is 2.33. The number of nitro benzene ring substituents is 1. The van der Waals surface area contributed by atoms with Gasteiger partial charge < -0.3 is 14.8 Å². The highest BCUT2D eigenvalue weighted by molar-refractivity contribution is 7.71. The Kier molecular flexibility index (Phi) is 4.27. The van der Waals surface area contributed by atoms with Crippen LogP contribution < -0.4 is 10.3 Å². The molecule has 2 aromatic rings. The number of methoxy groups -OCH3 is 1. The van der Waals surface area contributed by atoms with Crippen molar-refractivity contribution in [3.63, 3.8) is 0 Å². The van der Waals surface area contributed by atoms with E-state index in [1.807, 2.05) is 0 Å².